The van der Waals surface area contributed by atoms with Crippen molar-refractivity contribution < 1.29 is 4.79 Å². The Balaban J connectivity index is 2.26. The zero-order valence-electron chi connectivity index (χ0n) is 11.6. The Morgan fingerprint density at radius 1 is 1.26 bits per heavy atom. The minimum Gasteiger partial charge on any atom is -0.368 e. The van der Waals surface area contributed by atoms with E-state index in [0.717, 1.165) is 18.7 Å². The van der Waals surface area contributed by atoms with Gasteiger partial charge in [-0.15, -0.1) is 0 Å². The minimum absolute atomic E-state index is 0.313. The standard InChI is InChI=1S/C15H23N3O/c1-17-15(14(16)19,13-8-4-2-5-9-13)12-18-10-6-3-7-11-18/h2,4-5,8-9,17H,3,6-7,10-12H2,1H3,(H2,16,19). The van der Waals surface area contributed by atoms with Crippen molar-refractivity contribution in [1.82, 2.24) is 10.2 Å². The molecular formula is C15H23N3O. The molecule has 0 aromatic heterocycles. The molecule has 1 saturated heterocycles. The molecule has 1 unspecified atom stereocenters. The summed E-state index contributed by atoms with van der Waals surface area (Å²) < 4.78 is 0. The van der Waals surface area contributed by atoms with Crippen LogP contribution in [0.15, 0.2) is 30.3 Å². The Hall–Kier alpha value is -1.39. The second-order valence-corrected chi connectivity index (χ2v) is 5.22. The van der Waals surface area contributed by atoms with Crippen molar-refractivity contribution in [3.63, 3.8) is 0 Å². The predicted molar refractivity (Wildman–Crippen MR) is 76.7 cm³/mol. The highest BCUT2D eigenvalue weighted by atomic mass is 16.1. The Labute approximate surface area is 115 Å². The molecule has 1 fully saturated rings. The van der Waals surface area contributed by atoms with E-state index in [1.807, 2.05) is 37.4 Å². The molecular weight excluding hydrogens is 238 g/mol. The molecule has 0 spiro atoms. The number of likely N-dealkylation sites (N-methyl/N-ethyl adjacent to an activating group) is 1. The average Bonchev–Trinajstić information content (AvgIpc) is 2.46. The van der Waals surface area contributed by atoms with Gasteiger partial charge in [0, 0.05) is 6.54 Å². The van der Waals surface area contributed by atoms with Crippen LogP contribution >= 0.6 is 0 Å². The number of rotatable bonds is 5. The highest BCUT2D eigenvalue weighted by Crippen LogP contribution is 2.23. The normalized spacial score (nSPS) is 19.8. The number of nitrogens with one attached hydrogen (secondary N) is 1. The predicted octanol–water partition coefficient (Wildman–Crippen LogP) is 1.07. The third kappa shape index (κ3) is 2.96. The van der Waals surface area contributed by atoms with Crippen LogP contribution in [0.25, 0.3) is 0 Å². The molecule has 1 heterocycles. The topological polar surface area (TPSA) is 58.4 Å². The number of nitrogens with two attached hydrogens (primary N) is 1. The van der Waals surface area contributed by atoms with Gasteiger partial charge >= 0.3 is 0 Å². The molecule has 1 amide bonds. The number of nitrogens with zero attached hydrogens (tertiary/aromatic N) is 1. The molecule has 1 atom stereocenters. The summed E-state index contributed by atoms with van der Waals surface area (Å²) >= 11 is 0. The van der Waals surface area contributed by atoms with E-state index in [-0.39, 0.29) is 5.91 Å². The number of primary amides is 1. The average molecular weight is 261 g/mol. The first kappa shape index (κ1) is 14.0. The maximum atomic E-state index is 12.1. The lowest BCUT2D eigenvalue weighted by Gasteiger charge is -2.37. The third-order valence-electron chi connectivity index (χ3n) is 4.02. The third-order valence-corrected chi connectivity index (χ3v) is 4.02. The van der Waals surface area contributed by atoms with Gasteiger partial charge in [-0.25, -0.2) is 0 Å². The molecule has 1 aromatic carbocycles. The first-order valence-electron chi connectivity index (χ1n) is 6.96. The SMILES string of the molecule is CNC(CN1CCCCC1)(C(N)=O)c1ccccc1. The number of carbonyl (C=O) groups is 1. The summed E-state index contributed by atoms with van der Waals surface area (Å²) in [4.78, 5) is 14.4. The van der Waals surface area contributed by atoms with Crippen molar-refractivity contribution >= 4 is 5.91 Å². The van der Waals surface area contributed by atoms with Crippen LogP contribution in [0.1, 0.15) is 24.8 Å². The van der Waals surface area contributed by atoms with Crippen LogP contribution in [0.3, 0.4) is 0 Å². The molecule has 3 N–H and O–H groups in total. The Kier molecular flexibility index (Phi) is 4.56. The Morgan fingerprint density at radius 2 is 1.89 bits per heavy atom. The molecule has 1 aliphatic rings. The monoisotopic (exact) mass is 261 g/mol. The van der Waals surface area contributed by atoms with E-state index >= 15 is 0 Å². The van der Waals surface area contributed by atoms with Crippen molar-refractivity contribution in [2.75, 3.05) is 26.7 Å². The van der Waals surface area contributed by atoms with Crippen LogP contribution in [0.4, 0.5) is 0 Å². The van der Waals surface area contributed by atoms with Gasteiger partial charge < -0.3 is 16.0 Å². The van der Waals surface area contributed by atoms with Gasteiger partial charge in [0.15, 0.2) is 0 Å². The molecule has 0 saturated carbocycles. The number of benzene rings is 1. The zero-order chi connectivity index (χ0) is 13.7. The Morgan fingerprint density at radius 3 is 2.42 bits per heavy atom. The summed E-state index contributed by atoms with van der Waals surface area (Å²) in [6.07, 6.45) is 3.69. The summed E-state index contributed by atoms with van der Waals surface area (Å²) in [5, 5.41) is 3.16. The Bertz CT molecular complexity index is 415. The van der Waals surface area contributed by atoms with E-state index in [1.165, 1.54) is 19.3 Å². The summed E-state index contributed by atoms with van der Waals surface area (Å²) in [6, 6.07) is 9.77. The highest BCUT2D eigenvalue weighted by molar-refractivity contribution is 5.86. The largest absolute Gasteiger partial charge is 0.368 e. The number of hydrogen-bond donors (Lipinski definition) is 2. The minimum atomic E-state index is -0.793. The molecule has 0 bridgehead atoms. The number of amides is 1. The van der Waals surface area contributed by atoms with E-state index in [9.17, 15) is 4.79 Å². The second kappa shape index (κ2) is 6.17. The molecule has 4 nitrogen and oxygen atoms in total. The smallest absolute Gasteiger partial charge is 0.243 e. The van der Waals surface area contributed by atoms with Crippen molar-refractivity contribution in [1.29, 1.82) is 0 Å². The fourth-order valence-electron chi connectivity index (χ4n) is 2.83. The molecule has 2 rings (SSSR count). The quantitative estimate of drug-likeness (QED) is 0.833. The lowest BCUT2D eigenvalue weighted by molar-refractivity contribution is -0.125. The van der Waals surface area contributed by atoms with E-state index in [1.54, 1.807) is 0 Å². The van der Waals surface area contributed by atoms with E-state index in [0.29, 0.717) is 6.54 Å². The van der Waals surface area contributed by atoms with Gasteiger partial charge in [0.05, 0.1) is 0 Å². The summed E-state index contributed by atoms with van der Waals surface area (Å²) in [5.74, 6) is -0.313. The molecule has 104 valence electrons. The van der Waals surface area contributed by atoms with Gasteiger partial charge in [0.1, 0.15) is 5.54 Å². The first-order valence-corrected chi connectivity index (χ1v) is 6.96. The lowest BCUT2D eigenvalue weighted by atomic mass is 9.88. The number of carbonyl (C=O) groups excluding carboxylic acids is 1. The fraction of sp³-hybridized carbons (Fsp3) is 0.533. The van der Waals surface area contributed by atoms with E-state index < -0.39 is 5.54 Å². The van der Waals surface area contributed by atoms with Crippen LogP contribution in [0, 0.1) is 0 Å². The second-order valence-electron chi connectivity index (χ2n) is 5.22. The summed E-state index contributed by atoms with van der Waals surface area (Å²) in [5.41, 5.74) is 5.85. The van der Waals surface area contributed by atoms with Gasteiger partial charge in [0.2, 0.25) is 5.91 Å². The van der Waals surface area contributed by atoms with Gasteiger partial charge in [-0.05, 0) is 38.5 Å². The molecule has 1 aromatic rings. The number of piperidine rings is 1. The van der Waals surface area contributed by atoms with Crippen molar-refractivity contribution in [2.24, 2.45) is 5.73 Å². The van der Waals surface area contributed by atoms with Gasteiger partial charge in [-0.1, -0.05) is 36.8 Å². The van der Waals surface area contributed by atoms with Crippen LogP contribution in [0.2, 0.25) is 0 Å². The molecule has 4 heteroatoms. The van der Waals surface area contributed by atoms with Crippen LogP contribution in [-0.2, 0) is 10.3 Å². The van der Waals surface area contributed by atoms with Crippen LogP contribution in [-0.4, -0.2) is 37.5 Å². The maximum Gasteiger partial charge on any atom is 0.243 e. The van der Waals surface area contributed by atoms with Crippen molar-refractivity contribution in [3.8, 4) is 0 Å². The van der Waals surface area contributed by atoms with Crippen LogP contribution < -0.4 is 11.1 Å². The van der Waals surface area contributed by atoms with Gasteiger partial charge in [0.25, 0.3) is 0 Å². The highest BCUT2D eigenvalue weighted by Gasteiger charge is 2.38. The molecule has 1 aliphatic heterocycles. The van der Waals surface area contributed by atoms with Crippen molar-refractivity contribution in [3.05, 3.63) is 35.9 Å². The van der Waals surface area contributed by atoms with Crippen molar-refractivity contribution in [2.45, 2.75) is 24.8 Å². The van der Waals surface area contributed by atoms with Gasteiger partial charge in [-0.3, -0.25) is 4.79 Å². The molecule has 19 heavy (non-hydrogen) atoms. The van der Waals surface area contributed by atoms with E-state index in [4.69, 9.17) is 5.73 Å². The van der Waals surface area contributed by atoms with Crippen LogP contribution in [0.5, 0.6) is 0 Å². The first-order chi connectivity index (χ1) is 9.19. The maximum absolute atomic E-state index is 12.1. The molecule has 0 aliphatic carbocycles. The molecule has 0 radical (unpaired) electrons. The number of hydrogen-bond acceptors (Lipinski definition) is 3. The zero-order valence-corrected chi connectivity index (χ0v) is 11.6. The summed E-state index contributed by atoms with van der Waals surface area (Å²) in [7, 11) is 1.81. The number of likely N-dealkylation sites (tertiary alicyclic amines) is 1. The summed E-state index contributed by atoms with van der Waals surface area (Å²) in [6.45, 7) is 2.73. The van der Waals surface area contributed by atoms with E-state index in [2.05, 4.69) is 10.2 Å². The van der Waals surface area contributed by atoms with Gasteiger partial charge in [-0.2, -0.15) is 0 Å². The fourth-order valence-corrected chi connectivity index (χ4v) is 2.83. The lowest BCUT2D eigenvalue weighted by Crippen LogP contribution is -2.58.